The van der Waals surface area contributed by atoms with Gasteiger partial charge in [-0.1, -0.05) is 110 Å². The number of benzene rings is 4. The molecule has 0 fully saturated rings. The molecule has 0 saturated heterocycles. The third-order valence-electron chi connectivity index (χ3n) is 6.25. The first-order valence-corrected chi connectivity index (χ1v) is 12.0. The van der Waals surface area contributed by atoms with Crippen LogP contribution in [0, 0.1) is 12.7 Å². The van der Waals surface area contributed by atoms with Crippen LogP contribution in [0.3, 0.4) is 0 Å². The second-order valence-corrected chi connectivity index (χ2v) is 8.75. The summed E-state index contributed by atoms with van der Waals surface area (Å²) in [4.78, 5) is 0. The molecule has 0 aliphatic rings. The average Bonchev–Trinajstić information content (AvgIpc) is 2.87. The predicted molar refractivity (Wildman–Crippen MR) is 140 cm³/mol. The molecule has 178 valence electrons. The molecular weight excluding hydrogens is 441 g/mol. The molecule has 4 rings (SSSR count). The summed E-state index contributed by atoms with van der Waals surface area (Å²) in [5, 5.41) is 0. The highest BCUT2D eigenvalue weighted by Gasteiger charge is 2.23. The summed E-state index contributed by atoms with van der Waals surface area (Å²) < 4.78 is 43.6. The molecule has 0 atom stereocenters. The van der Waals surface area contributed by atoms with Gasteiger partial charge in [-0.15, -0.1) is 0 Å². The topological polar surface area (TPSA) is 0 Å². The first kappa shape index (κ1) is 24.5. The van der Waals surface area contributed by atoms with Gasteiger partial charge in [-0.3, -0.25) is 0 Å². The highest BCUT2D eigenvalue weighted by Crippen LogP contribution is 2.38. The molecule has 0 spiro atoms. The van der Waals surface area contributed by atoms with Gasteiger partial charge in [-0.2, -0.15) is 0 Å². The Hall–Kier alpha value is -3.59. The molecular formula is C32H29F3. The van der Waals surface area contributed by atoms with Crippen LogP contribution in [0.4, 0.5) is 13.2 Å². The second kappa shape index (κ2) is 11.2. The largest absolute Gasteiger partial charge is 0.267 e. The summed E-state index contributed by atoms with van der Waals surface area (Å²) >= 11 is 0. The second-order valence-electron chi connectivity index (χ2n) is 8.75. The van der Waals surface area contributed by atoms with Gasteiger partial charge in [0.05, 0.1) is 5.56 Å². The normalized spacial score (nSPS) is 11.5. The molecule has 4 aromatic carbocycles. The van der Waals surface area contributed by atoms with Gasteiger partial charge in [-0.25, -0.2) is 13.2 Å². The summed E-state index contributed by atoms with van der Waals surface area (Å²) in [5.74, 6) is -0.866. The molecule has 0 radical (unpaired) electrons. The number of alkyl halides is 2. The Morgan fingerprint density at radius 1 is 0.657 bits per heavy atom. The molecule has 0 aromatic heterocycles. The van der Waals surface area contributed by atoms with Gasteiger partial charge in [0, 0.05) is 5.56 Å². The Kier molecular flexibility index (Phi) is 7.87. The van der Waals surface area contributed by atoms with Crippen LogP contribution in [-0.2, 0) is 6.42 Å². The van der Waals surface area contributed by atoms with Gasteiger partial charge in [0.2, 0.25) is 0 Å². The highest BCUT2D eigenvalue weighted by molar-refractivity contribution is 5.76. The van der Waals surface area contributed by atoms with Crippen molar-refractivity contribution in [1.82, 2.24) is 0 Å². The zero-order chi connectivity index (χ0) is 24.8. The molecule has 0 aliphatic heterocycles. The molecule has 35 heavy (non-hydrogen) atoms. The quantitative estimate of drug-likeness (QED) is 0.225. The Morgan fingerprint density at radius 2 is 1.17 bits per heavy atom. The summed E-state index contributed by atoms with van der Waals surface area (Å²) in [6, 6.07) is 26.1. The van der Waals surface area contributed by atoms with Crippen LogP contribution < -0.4 is 0 Å². The van der Waals surface area contributed by atoms with Gasteiger partial charge in [0.1, 0.15) is 5.82 Å². The number of hydrogen-bond acceptors (Lipinski definition) is 0. The third-order valence-corrected chi connectivity index (χ3v) is 6.25. The minimum Gasteiger partial charge on any atom is -0.206 e. The van der Waals surface area contributed by atoms with E-state index in [4.69, 9.17) is 0 Å². The standard InChI is InChI=1S/C32H29F3/c1-3-4-5-6-7-23-10-14-26(15-11-23)28-20-21-29(31(33)30(28)32(34)35)27-18-16-25(17-19-27)24-12-8-22(2)9-13-24/h4-5,8-21,32H,3,6-7H2,1-2H3. The maximum Gasteiger partial charge on any atom is 0.267 e. The first-order valence-electron chi connectivity index (χ1n) is 12.0. The van der Waals surface area contributed by atoms with Gasteiger partial charge in [0.25, 0.3) is 6.43 Å². The van der Waals surface area contributed by atoms with E-state index in [2.05, 4.69) is 19.1 Å². The molecule has 0 heterocycles. The van der Waals surface area contributed by atoms with E-state index in [1.54, 1.807) is 36.4 Å². The van der Waals surface area contributed by atoms with E-state index < -0.39 is 17.8 Å². The number of halogens is 3. The van der Waals surface area contributed by atoms with E-state index in [0.29, 0.717) is 11.1 Å². The predicted octanol–water partition coefficient (Wildman–Crippen LogP) is 9.97. The van der Waals surface area contributed by atoms with Crippen molar-refractivity contribution in [3.8, 4) is 33.4 Å². The Bertz CT molecular complexity index is 1280. The zero-order valence-electron chi connectivity index (χ0n) is 20.1. The van der Waals surface area contributed by atoms with Crippen LogP contribution in [0.25, 0.3) is 33.4 Å². The van der Waals surface area contributed by atoms with Gasteiger partial charge in [0.15, 0.2) is 0 Å². The molecule has 0 unspecified atom stereocenters. The van der Waals surface area contributed by atoms with E-state index in [1.165, 1.54) is 5.56 Å². The average molecular weight is 471 g/mol. The Labute approximate surface area is 205 Å². The lowest BCUT2D eigenvalue weighted by molar-refractivity contribution is 0.147. The minimum atomic E-state index is -2.92. The van der Waals surface area contributed by atoms with Crippen molar-refractivity contribution < 1.29 is 13.2 Å². The molecule has 0 bridgehead atoms. The molecule has 0 saturated carbocycles. The van der Waals surface area contributed by atoms with Crippen LogP contribution in [-0.4, -0.2) is 0 Å². The van der Waals surface area contributed by atoms with E-state index >= 15 is 4.39 Å². The van der Waals surface area contributed by atoms with E-state index in [9.17, 15) is 8.78 Å². The molecule has 0 aliphatic carbocycles. The van der Waals surface area contributed by atoms with Gasteiger partial charge >= 0.3 is 0 Å². The van der Waals surface area contributed by atoms with Crippen molar-refractivity contribution in [3.63, 3.8) is 0 Å². The lowest BCUT2D eigenvalue weighted by Crippen LogP contribution is -1.99. The smallest absolute Gasteiger partial charge is 0.206 e. The SMILES string of the molecule is CCC=CCCc1ccc(-c2ccc(-c3ccc(-c4ccc(C)cc4)cc3)c(F)c2C(F)F)cc1. The highest BCUT2D eigenvalue weighted by atomic mass is 19.3. The van der Waals surface area contributed by atoms with Gasteiger partial charge in [-0.05, 0) is 59.6 Å². The van der Waals surface area contributed by atoms with Gasteiger partial charge < -0.3 is 0 Å². The number of aryl methyl sites for hydroxylation is 2. The monoisotopic (exact) mass is 470 g/mol. The van der Waals surface area contributed by atoms with Crippen molar-refractivity contribution in [2.24, 2.45) is 0 Å². The fourth-order valence-electron chi connectivity index (χ4n) is 4.25. The number of rotatable bonds is 8. The van der Waals surface area contributed by atoms with Crippen LogP contribution in [0.15, 0.2) is 97.1 Å². The van der Waals surface area contributed by atoms with Crippen LogP contribution in [0.2, 0.25) is 0 Å². The van der Waals surface area contributed by atoms with Crippen LogP contribution >= 0.6 is 0 Å². The summed E-state index contributed by atoms with van der Waals surface area (Å²) in [6.45, 7) is 4.12. The number of allylic oxidation sites excluding steroid dienone is 2. The lowest BCUT2D eigenvalue weighted by atomic mass is 9.92. The van der Waals surface area contributed by atoms with Crippen molar-refractivity contribution in [3.05, 3.63) is 120 Å². The van der Waals surface area contributed by atoms with Crippen molar-refractivity contribution in [2.45, 2.75) is 39.5 Å². The maximum atomic E-state index is 15.5. The summed E-state index contributed by atoms with van der Waals surface area (Å²) in [6.07, 6.45) is 4.17. The third kappa shape index (κ3) is 5.74. The van der Waals surface area contributed by atoms with E-state index in [0.717, 1.165) is 36.0 Å². The first-order chi connectivity index (χ1) is 17.0. The van der Waals surface area contributed by atoms with Crippen molar-refractivity contribution in [1.29, 1.82) is 0 Å². The summed E-state index contributed by atoms with van der Waals surface area (Å²) in [7, 11) is 0. The fraction of sp³-hybridized carbons (Fsp3) is 0.188. The van der Waals surface area contributed by atoms with E-state index in [1.807, 2.05) is 55.5 Å². The minimum absolute atomic E-state index is 0.179. The molecule has 0 amide bonds. The fourth-order valence-corrected chi connectivity index (χ4v) is 4.25. The molecule has 0 nitrogen and oxygen atoms in total. The van der Waals surface area contributed by atoms with Crippen LogP contribution in [0.1, 0.15) is 42.9 Å². The summed E-state index contributed by atoms with van der Waals surface area (Å²) in [5.41, 5.74) is 5.36. The van der Waals surface area contributed by atoms with Crippen LogP contribution in [0.5, 0.6) is 0 Å². The Morgan fingerprint density at radius 3 is 1.77 bits per heavy atom. The lowest BCUT2D eigenvalue weighted by Gasteiger charge is -2.15. The molecule has 4 aromatic rings. The van der Waals surface area contributed by atoms with E-state index in [-0.39, 0.29) is 11.1 Å². The molecule has 0 N–H and O–H groups in total. The maximum absolute atomic E-state index is 15.5. The molecule has 3 heteroatoms. The zero-order valence-corrected chi connectivity index (χ0v) is 20.1. The Balaban J connectivity index is 1.62. The number of hydrogen-bond donors (Lipinski definition) is 0. The van der Waals surface area contributed by atoms with Crippen molar-refractivity contribution >= 4 is 0 Å². The van der Waals surface area contributed by atoms with Crippen molar-refractivity contribution in [2.75, 3.05) is 0 Å².